The van der Waals surface area contributed by atoms with Crippen LogP contribution in [0.15, 0.2) is 54.6 Å². The highest BCUT2D eigenvalue weighted by Crippen LogP contribution is 2.08. The van der Waals surface area contributed by atoms with Gasteiger partial charge in [-0.1, -0.05) is 42.5 Å². The Hall–Kier alpha value is -2.62. The summed E-state index contributed by atoms with van der Waals surface area (Å²) in [6, 6.07) is 17.4. The molecule has 4 heteroatoms. The van der Waals surface area contributed by atoms with Crippen molar-refractivity contribution in [2.24, 2.45) is 0 Å². The molecule has 2 rings (SSSR count). The lowest BCUT2D eigenvalue weighted by molar-refractivity contribution is -0.121. The van der Waals surface area contributed by atoms with Crippen molar-refractivity contribution in [3.8, 4) is 0 Å². The second-order valence-corrected chi connectivity index (χ2v) is 5.94. The maximum Gasteiger partial charge on any atom is 0.253 e. The Morgan fingerprint density at radius 2 is 1.52 bits per heavy atom. The quantitative estimate of drug-likeness (QED) is 0.802. The summed E-state index contributed by atoms with van der Waals surface area (Å²) in [6.07, 6.45) is 1.21. The van der Waals surface area contributed by atoms with E-state index in [9.17, 15) is 9.59 Å². The zero-order valence-electron chi connectivity index (χ0n) is 15.0. The zero-order chi connectivity index (χ0) is 18.1. The van der Waals surface area contributed by atoms with Gasteiger partial charge in [0.15, 0.2) is 0 Å². The van der Waals surface area contributed by atoms with Crippen molar-refractivity contribution in [1.29, 1.82) is 0 Å². The van der Waals surface area contributed by atoms with Gasteiger partial charge in [0.2, 0.25) is 5.91 Å². The number of aryl methyl sites for hydroxylation is 1. The molecule has 2 aromatic carbocycles. The maximum absolute atomic E-state index is 12.3. The Morgan fingerprint density at radius 1 is 0.880 bits per heavy atom. The molecule has 132 valence electrons. The van der Waals surface area contributed by atoms with Gasteiger partial charge in [-0.05, 0) is 43.5 Å². The van der Waals surface area contributed by atoms with Crippen LogP contribution in [0.5, 0.6) is 0 Å². The molecule has 0 aliphatic heterocycles. The van der Waals surface area contributed by atoms with E-state index in [4.69, 9.17) is 0 Å². The predicted molar refractivity (Wildman–Crippen MR) is 100 cm³/mol. The van der Waals surface area contributed by atoms with E-state index in [1.54, 1.807) is 4.90 Å². The summed E-state index contributed by atoms with van der Waals surface area (Å²) in [7, 11) is 0. The van der Waals surface area contributed by atoms with Crippen LogP contribution in [-0.4, -0.2) is 29.8 Å². The topological polar surface area (TPSA) is 49.4 Å². The fourth-order valence-electron chi connectivity index (χ4n) is 2.65. The van der Waals surface area contributed by atoms with Crippen molar-refractivity contribution in [2.75, 3.05) is 13.1 Å². The fraction of sp³-hybridized carbons (Fsp3) is 0.333. The molecule has 0 aromatic heterocycles. The lowest BCUT2D eigenvalue weighted by Gasteiger charge is -2.18. The van der Waals surface area contributed by atoms with E-state index < -0.39 is 0 Å². The molecule has 2 aromatic rings. The van der Waals surface area contributed by atoms with Crippen LogP contribution >= 0.6 is 0 Å². The summed E-state index contributed by atoms with van der Waals surface area (Å²) in [4.78, 5) is 26.0. The first-order valence-corrected chi connectivity index (χ1v) is 8.82. The van der Waals surface area contributed by atoms with Crippen molar-refractivity contribution < 1.29 is 9.59 Å². The Bertz CT molecular complexity index is 677. The van der Waals surface area contributed by atoms with Crippen LogP contribution in [0, 0.1) is 0 Å². The molecule has 0 saturated carbocycles. The van der Waals surface area contributed by atoms with Gasteiger partial charge in [-0.3, -0.25) is 9.59 Å². The molecule has 25 heavy (non-hydrogen) atoms. The lowest BCUT2D eigenvalue weighted by atomic mass is 10.1. The number of rotatable bonds is 8. The SMILES string of the molecule is CCN(CC)C(=O)c1ccc(CNC(=O)CCc2ccccc2)cc1. The number of hydrogen-bond donors (Lipinski definition) is 1. The van der Waals surface area contributed by atoms with Crippen LogP contribution in [0.25, 0.3) is 0 Å². The molecule has 2 amide bonds. The molecule has 0 spiro atoms. The average Bonchev–Trinajstić information content (AvgIpc) is 2.67. The highest BCUT2D eigenvalue weighted by molar-refractivity contribution is 5.94. The number of benzene rings is 2. The maximum atomic E-state index is 12.3. The van der Waals surface area contributed by atoms with Crippen LogP contribution in [0.3, 0.4) is 0 Å². The highest BCUT2D eigenvalue weighted by atomic mass is 16.2. The summed E-state index contributed by atoms with van der Waals surface area (Å²) in [6.45, 7) is 5.83. The summed E-state index contributed by atoms with van der Waals surface area (Å²) in [5.74, 6) is 0.0793. The van der Waals surface area contributed by atoms with Crippen LogP contribution in [0.4, 0.5) is 0 Å². The third-order valence-electron chi connectivity index (χ3n) is 4.22. The molecule has 0 unspecified atom stereocenters. The Balaban J connectivity index is 1.81. The van der Waals surface area contributed by atoms with Gasteiger partial charge in [0.1, 0.15) is 0 Å². The molecule has 0 heterocycles. The number of nitrogens with one attached hydrogen (secondary N) is 1. The van der Waals surface area contributed by atoms with Crippen molar-refractivity contribution in [3.63, 3.8) is 0 Å². The lowest BCUT2D eigenvalue weighted by Crippen LogP contribution is -2.30. The number of carbonyl (C=O) groups excluding carboxylic acids is 2. The summed E-state index contributed by atoms with van der Waals surface area (Å²) < 4.78 is 0. The minimum absolute atomic E-state index is 0.0344. The monoisotopic (exact) mass is 338 g/mol. The Morgan fingerprint density at radius 3 is 2.12 bits per heavy atom. The van der Waals surface area contributed by atoms with Gasteiger partial charge in [-0.25, -0.2) is 0 Å². The first kappa shape index (κ1) is 18.7. The first-order valence-electron chi connectivity index (χ1n) is 8.82. The molecule has 0 aliphatic rings. The highest BCUT2D eigenvalue weighted by Gasteiger charge is 2.12. The fourth-order valence-corrected chi connectivity index (χ4v) is 2.65. The molecule has 0 radical (unpaired) electrons. The van der Waals surface area contributed by atoms with Crippen LogP contribution in [-0.2, 0) is 17.8 Å². The third-order valence-corrected chi connectivity index (χ3v) is 4.22. The van der Waals surface area contributed by atoms with E-state index in [1.165, 1.54) is 0 Å². The normalized spacial score (nSPS) is 10.3. The summed E-state index contributed by atoms with van der Waals surface area (Å²) >= 11 is 0. The molecule has 0 atom stereocenters. The van der Waals surface area contributed by atoms with Gasteiger partial charge in [0.05, 0.1) is 0 Å². The molecular weight excluding hydrogens is 312 g/mol. The predicted octanol–water partition coefficient (Wildman–Crippen LogP) is 3.42. The molecule has 4 nitrogen and oxygen atoms in total. The van der Waals surface area contributed by atoms with Gasteiger partial charge < -0.3 is 10.2 Å². The minimum Gasteiger partial charge on any atom is -0.352 e. The van der Waals surface area contributed by atoms with Crippen LogP contribution in [0.2, 0.25) is 0 Å². The van der Waals surface area contributed by atoms with Crippen LogP contribution < -0.4 is 5.32 Å². The molecule has 0 fully saturated rings. The van der Waals surface area contributed by atoms with Gasteiger partial charge >= 0.3 is 0 Å². The van der Waals surface area contributed by atoms with Crippen molar-refractivity contribution >= 4 is 11.8 Å². The number of carbonyl (C=O) groups is 2. The van der Waals surface area contributed by atoms with E-state index in [-0.39, 0.29) is 11.8 Å². The van der Waals surface area contributed by atoms with Crippen molar-refractivity contribution in [2.45, 2.75) is 33.2 Å². The van der Waals surface area contributed by atoms with E-state index >= 15 is 0 Å². The van der Waals surface area contributed by atoms with Gasteiger partial charge in [-0.15, -0.1) is 0 Å². The van der Waals surface area contributed by atoms with Gasteiger partial charge in [-0.2, -0.15) is 0 Å². The van der Waals surface area contributed by atoms with E-state index in [0.717, 1.165) is 17.5 Å². The molecular formula is C21H26N2O2. The summed E-state index contributed by atoms with van der Waals surface area (Å²) in [5, 5.41) is 2.93. The van der Waals surface area contributed by atoms with E-state index in [2.05, 4.69) is 5.32 Å². The molecule has 0 saturated heterocycles. The smallest absolute Gasteiger partial charge is 0.253 e. The Labute approximate surface area is 149 Å². The van der Waals surface area contributed by atoms with Gasteiger partial charge in [0, 0.05) is 31.6 Å². The third kappa shape index (κ3) is 5.75. The van der Waals surface area contributed by atoms with Crippen LogP contribution in [0.1, 0.15) is 41.8 Å². The minimum atomic E-state index is 0.0344. The largest absolute Gasteiger partial charge is 0.352 e. The van der Waals surface area contributed by atoms with Crippen molar-refractivity contribution in [1.82, 2.24) is 10.2 Å². The number of nitrogens with zero attached hydrogens (tertiary/aromatic N) is 1. The van der Waals surface area contributed by atoms with Crippen molar-refractivity contribution in [3.05, 3.63) is 71.3 Å². The average molecular weight is 338 g/mol. The first-order chi connectivity index (χ1) is 12.1. The standard InChI is InChI=1S/C21H26N2O2/c1-3-23(4-2)21(25)19-13-10-18(11-14-19)16-22-20(24)15-12-17-8-6-5-7-9-17/h5-11,13-14H,3-4,12,15-16H2,1-2H3,(H,22,24). The van der Waals surface area contributed by atoms with E-state index in [0.29, 0.717) is 31.6 Å². The summed E-state index contributed by atoms with van der Waals surface area (Å²) in [5.41, 5.74) is 2.84. The number of hydrogen-bond acceptors (Lipinski definition) is 2. The molecule has 0 bridgehead atoms. The number of amides is 2. The van der Waals surface area contributed by atoms with E-state index in [1.807, 2.05) is 68.4 Å². The van der Waals surface area contributed by atoms with Gasteiger partial charge in [0.25, 0.3) is 5.91 Å². The second-order valence-electron chi connectivity index (χ2n) is 5.94. The molecule has 0 aliphatic carbocycles. The second kappa shape index (κ2) is 9.62. The Kier molecular flexibility index (Phi) is 7.20. The molecule has 1 N–H and O–H groups in total. The zero-order valence-corrected chi connectivity index (χ0v) is 15.0.